The second-order valence-electron chi connectivity index (χ2n) is 15.6. The van der Waals surface area contributed by atoms with Crippen molar-refractivity contribution in [3.8, 4) is 33.8 Å². The minimum Gasteiger partial charge on any atom is -0.487 e. The zero-order valence-electron chi connectivity index (χ0n) is 36.9. The summed E-state index contributed by atoms with van der Waals surface area (Å²) in [7, 11) is -5.60. The van der Waals surface area contributed by atoms with Crippen LogP contribution in [-0.2, 0) is 10.0 Å². The van der Waals surface area contributed by atoms with Crippen molar-refractivity contribution in [1.82, 2.24) is 19.9 Å². The molecule has 10 nitrogen and oxygen atoms in total. The van der Waals surface area contributed by atoms with E-state index in [1.54, 1.807) is 71.5 Å². The molecule has 0 unspecified atom stereocenters. The fourth-order valence-corrected chi connectivity index (χ4v) is 7.32. The summed E-state index contributed by atoms with van der Waals surface area (Å²) in [5.74, 6) is -3.99. The first-order chi connectivity index (χ1) is 33.8. The molecule has 2 aromatic heterocycles. The Bertz CT molecular complexity index is 3380. The fraction of sp³-hybridized carbons (Fsp3) is 0.140. The highest BCUT2D eigenvalue weighted by Crippen LogP contribution is 2.37. The Hall–Kier alpha value is -8.01. The van der Waals surface area contributed by atoms with E-state index >= 15 is 0 Å². The number of carbonyl (C=O) groups is 1. The number of nitrogens with zero attached hydrogens (tertiary/aromatic N) is 2. The second kappa shape index (κ2) is 20.8. The van der Waals surface area contributed by atoms with Gasteiger partial charge in [-0.1, -0.05) is 91.0 Å². The van der Waals surface area contributed by atoms with Crippen molar-refractivity contribution in [1.29, 1.82) is 0 Å². The van der Waals surface area contributed by atoms with E-state index in [-0.39, 0.29) is 28.5 Å². The molecule has 6 aromatic carbocycles. The molecule has 0 saturated carbocycles. The molecule has 0 fully saturated rings. The van der Waals surface area contributed by atoms with Crippen molar-refractivity contribution in [2.75, 3.05) is 17.9 Å². The van der Waals surface area contributed by atoms with Crippen molar-refractivity contribution < 1.29 is 71.0 Å². The number of rotatable bonds is 14. The number of fused-ring (bicyclic) bond motifs is 2. The van der Waals surface area contributed by atoms with Crippen molar-refractivity contribution in [3.05, 3.63) is 162 Å². The smallest absolute Gasteiger partial charge is 0.487 e. The number of hydrogen-bond donors (Lipinski definition) is 3. The molecule has 0 amide bonds. The number of H-pyrrole nitrogens is 2. The third kappa shape index (κ3) is 13.0. The quantitative estimate of drug-likeness (QED) is 0.0728. The Kier molecular flexibility index (Phi) is 14.9. The maximum absolute atomic E-state index is 13.0. The third-order valence-corrected chi connectivity index (χ3v) is 11.4. The van der Waals surface area contributed by atoms with Crippen LogP contribution in [0, 0.1) is 0 Å². The summed E-state index contributed by atoms with van der Waals surface area (Å²) in [6.07, 6.45) is -3.38. The van der Waals surface area contributed by atoms with Gasteiger partial charge in [0.25, 0.3) is 0 Å². The molecule has 3 N–H and O–H groups in total. The lowest BCUT2D eigenvalue weighted by atomic mass is 9.97. The largest absolute Gasteiger partial charge is 0.516 e. The Morgan fingerprint density at radius 1 is 0.583 bits per heavy atom. The maximum atomic E-state index is 13.0. The number of carbonyl (C=O) groups excluding carboxylic acids is 1. The Balaban J connectivity index is 0.000000212. The highest BCUT2D eigenvalue weighted by molar-refractivity contribution is 7.93. The Morgan fingerprint density at radius 3 is 1.51 bits per heavy atom. The number of anilines is 1. The van der Waals surface area contributed by atoms with Crippen LogP contribution in [0.15, 0.2) is 133 Å². The van der Waals surface area contributed by atoms with Gasteiger partial charge in [0.15, 0.2) is 19.0 Å². The van der Waals surface area contributed by atoms with Gasteiger partial charge in [0.1, 0.15) is 23.1 Å². The minimum atomic E-state index is -5.67. The number of imidazole rings is 2. The highest BCUT2D eigenvalue weighted by atomic mass is 32.2. The van der Waals surface area contributed by atoms with Crippen LogP contribution in [0.2, 0.25) is 0 Å². The molecule has 0 spiro atoms. The van der Waals surface area contributed by atoms with Crippen LogP contribution in [-0.4, -0.2) is 71.1 Å². The normalized spacial score (nSPS) is 12.6. The van der Waals surface area contributed by atoms with Crippen LogP contribution in [0.1, 0.15) is 40.1 Å². The summed E-state index contributed by atoms with van der Waals surface area (Å²) in [5.41, 5.74) is 1.22. The molecule has 22 heteroatoms. The molecule has 0 radical (unpaired) electrons. The standard InChI is InChI=1S/C26H19F5N2O2.C24H17F6N3O3S/c1-16(34)20-4-2-3-5-21(20)18-9-12-22-23(14-18)33-24(32-22)13-8-17-6-10-19(11-7-17)35-15-25(27,28)26(29,30)31;25-23(26,27)14-36-17-9-5-15(6-10-17)7-12-22-31-20-11-8-16(13-21(20)32-22)18-3-1-2-4-19(18)33-37(34,35)24(28,29)30/h2-14H,15H2,1H3,(H,32,33);1-13,33H,14H2,(H,31,32)/b13-8+;12-7+. The number of aromatic amines is 2. The van der Waals surface area contributed by atoms with Crippen molar-refractivity contribution in [2.45, 2.75) is 30.7 Å². The zero-order valence-corrected chi connectivity index (χ0v) is 37.7. The number of ketones is 1. The lowest BCUT2D eigenvalue weighted by molar-refractivity contribution is -0.290. The van der Waals surface area contributed by atoms with E-state index in [9.17, 15) is 61.5 Å². The molecule has 0 aliphatic rings. The first-order valence-electron chi connectivity index (χ1n) is 21.0. The minimum absolute atomic E-state index is 0.0283. The fourth-order valence-electron chi connectivity index (χ4n) is 6.74. The van der Waals surface area contributed by atoms with E-state index in [0.717, 1.165) is 22.2 Å². The van der Waals surface area contributed by atoms with Crippen LogP contribution in [0.25, 0.3) is 68.6 Å². The number of nitrogens with one attached hydrogen (secondary N) is 3. The van der Waals surface area contributed by atoms with Crippen molar-refractivity contribution >= 4 is 67.9 Å². The number of Topliss-reactive ketones (excluding diaryl/α,β-unsaturated/α-hetero) is 1. The van der Waals surface area contributed by atoms with E-state index in [0.29, 0.717) is 44.9 Å². The first-order valence-corrected chi connectivity index (χ1v) is 22.4. The van der Waals surface area contributed by atoms with Gasteiger partial charge in [0, 0.05) is 11.1 Å². The molecule has 0 aliphatic carbocycles. The number of alkyl halides is 11. The van der Waals surface area contributed by atoms with Gasteiger partial charge in [0.05, 0.1) is 27.8 Å². The number of benzene rings is 6. The van der Waals surface area contributed by atoms with Crippen molar-refractivity contribution in [3.63, 3.8) is 0 Å². The third-order valence-electron chi connectivity index (χ3n) is 10.3. The van der Waals surface area contributed by atoms with E-state index in [4.69, 9.17) is 0 Å². The van der Waals surface area contributed by atoms with Crippen LogP contribution >= 0.6 is 0 Å². The summed E-state index contributed by atoms with van der Waals surface area (Å²) in [5, 5.41) is 0. The number of ether oxygens (including phenoxy) is 2. The van der Waals surface area contributed by atoms with Gasteiger partial charge >= 0.3 is 33.8 Å². The molecule has 2 heterocycles. The summed E-state index contributed by atoms with van der Waals surface area (Å²) < 4.78 is 172. The lowest BCUT2D eigenvalue weighted by Gasteiger charge is -2.19. The highest BCUT2D eigenvalue weighted by Gasteiger charge is 2.58. The maximum Gasteiger partial charge on any atom is 0.516 e. The number of para-hydroxylation sites is 1. The molecule has 72 heavy (non-hydrogen) atoms. The van der Waals surface area contributed by atoms with E-state index in [1.807, 2.05) is 36.4 Å². The second-order valence-corrected chi connectivity index (χ2v) is 17.3. The zero-order chi connectivity index (χ0) is 52.1. The van der Waals surface area contributed by atoms with E-state index < -0.39 is 47.0 Å². The summed E-state index contributed by atoms with van der Waals surface area (Å²) in [4.78, 5) is 27.1. The van der Waals surface area contributed by atoms with Gasteiger partial charge in [-0.25, -0.2) is 9.97 Å². The first kappa shape index (κ1) is 51.8. The molecule has 0 saturated heterocycles. The van der Waals surface area contributed by atoms with Gasteiger partial charge in [-0.05, 0) is 101 Å². The van der Waals surface area contributed by atoms with Gasteiger partial charge in [0.2, 0.25) is 0 Å². The van der Waals surface area contributed by atoms with Crippen LogP contribution in [0.4, 0.5) is 54.0 Å². The number of sulfonamides is 1. The predicted octanol–water partition coefficient (Wildman–Crippen LogP) is 13.8. The average molecular weight is 1030 g/mol. The molecule has 8 rings (SSSR count). The Labute approximate surface area is 401 Å². The SMILES string of the molecule is CC(=O)c1ccccc1-c1ccc2nc(/C=C/c3ccc(OCC(F)(F)C(F)(F)F)cc3)[nH]c2c1.O=S(=O)(Nc1ccccc1-c1ccc2nc(/C=C/c3ccc(OCC(F)(F)F)cc3)[nH]c2c1)C(F)(F)F. The molecular formula is C50H36F11N5O5S. The van der Waals surface area contributed by atoms with Gasteiger partial charge in [-0.15, -0.1) is 0 Å². The molecule has 374 valence electrons. The average Bonchev–Trinajstić information content (AvgIpc) is 3.94. The van der Waals surface area contributed by atoms with Gasteiger partial charge in [-0.3, -0.25) is 9.52 Å². The predicted molar refractivity (Wildman–Crippen MR) is 250 cm³/mol. The van der Waals surface area contributed by atoms with Gasteiger partial charge < -0.3 is 19.4 Å². The summed E-state index contributed by atoms with van der Waals surface area (Å²) in [6, 6.07) is 35.1. The van der Waals surface area contributed by atoms with E-state index in [1.165, 1.54) is 61.5 Å². The number of halogens is 11. The molecular weight excluding hydrogens is 992 g/mol. The molecule has 0 atom stereocenters. The van der Waals surface area contributed by atoms with Gasteiger partial charge in [-0.2, -0.15) is 56.7 Å². The van der Waals surface area contributed by atoms with Crippen LogP contribution in [0.3, 0.4) is 0 Å². The Morgan fingerprint density at radius 2 is 1.04 bits per heavy atom. The number of aromatic nitrogens is 4. The molecule has 0 aliphatic heterocycles. The lowest BCUT2D eigenvalue weighted by Crippen LogP contribution is -2.41. The monoisotopic (exact) mass is 1030 g/mol. The number of hydrogen-bond acceptors (Lipinski definition) is 7. The molecule has 0 bridgehead atoms. The van der Waals surface area contributed by atoms with Crippen LogP contribution < -0.4 is 14.2 Å². The van der Waals surface area contributed by atoms with E-state index in [2.05, 4.69) is 29.4 Å². The summed E-state index contributed by atoms with van der Waals surface area (Å²) in [6.45, 7) is -1.65. The summed E-state index contributed by atoms with van der Waals surface area (Å²) >= 11 is 0. The topological polar surface area (TPSA) is 139 Å². The van der Waals surface area contributed by atoms with Crippen molar-refractivity contribution in [2.24, 2.45) is 0 Å². The molecule has 8 aromatic rings. The van der Waals surface area contributed by atoms with Crippen LogP contribution in [0.5, 0.6) is 11.5 Å².